The minimum Gasteiger partial charge on any atom is -0.391 e. The van der Waals surface area contributed by atoms with Gasteiger partial charge in [0.05, 0.1) is 17.3 Å². The quantitative estimate of drug-likeness (QED) is 0.741. The maximum Gasteiger partial charge on any atom is 0.242 e. The second-order valence-corrected chi connectivity index (χ2v) is 6.76. The fraction of sp³-hybridized carbons (Fsp3) is 0.538. The first-order valence-electron chi connectivity index (χ1n) is 6.25. The van der Waals surface area contributed by atoms with Crippen LogP contribution in [0.1, 0.15) is 27.7 Å². The van der Waals surface area contributed by atoms with E-state index < -0.39 is 21.7 Å². The zero-order chi connectivity index (χ0) is 14.7. The number of aliphatic hydroxyl groups is 1. The average Bonchev–Trinajstić information content (AvgIpc) is 2.28. The third kappa shape index (κ3) is 3.92. The van der Waals surface area contributed by atoms with Gasteiger partial charge in [-0.25, -0.2) is 13.1 Å². The van der Waals surface area contributed by atoms with Crippen LogP contribution >= 0.6 is 0 Å². The molecule has 6 heteroatoms. The highest BCUT2D eigenvalue weighted by Crippen LogP contribution is 2.25. The van der Waals surface area contributed by atoms with Crippen molar-refractivity contribution in [1.29, 1.82) is 0 Å². The number of sulfonamides is 1. The van der Waals surface area contributed by atoms with Gasteiger partial charge in [-0.3, -0.25) is 0 Å². The van der Waals surface area contributed by atoms with Crippen molar-refractivity contribution >= 4 is 15.7 Å². The van der Waals surface area contributed by atoms with Crippen LogP contribution in [0.25, 0.3) is 0 Å². The number of para-hydroxylation sites is 1. The van der Waals surface area contributed by atoms with Crippen LogP contribution < -0.4 is 10.0 Å². The molecule has 108 valence electrons. The van der Waals surface area contributed by atoms with Gasteiger partial charge >= 0.3 is 0 Å². The summed E-state index contributed by atoms with van der Waals surface area (Å²) in [5, 5.41) is 12.8. The van der Waals surface area contributed by atoms with E-state index in [9.17, 15) is 13.5 Å². The highest BCUT2D eigenvalue weighted by atomic mass is 32.2. The molecule has 1 aromatic carbocycles. The molecule has 1 unspecified atom stereocenters. The SMILES string of the molecule is CCNS(=O)(=O)c1ccccc1NC(C)(C)C(C)O. The van der Waals surface area contributed by atoms with Crippen molar-refractivity contribution in [2.45, 2.75) is 44.2 Å². The molecule has 0 bridgehead atoms. The molecule has 0 heterocycles. The molecule has 0 aliphatic heterocycles. The van der Waals surface area contributed by atoms with Crippen LogP contribution in [0.3, 0.4) is 0 Å². The Labute approximate surface area is 115 Å². The van der Waals surface area contributed by atoms with Gasteiger partial charge in [-0.1, -0.05) is 19.1 Å². The van der Waals surface area contributed by atoms with E-state index in [1.165, 1.54) is 0 Å². The Bertz CT molecular complexity index is 524. The Balaban J connectivity index is 3.18. The Hall–Kier alpha value is -1.11. The molecular formula is C13H22N2O3S. The summed E-state index contributed by atoms with van der Waals surface area (Å²) in [6, 6.07) is 6.66. The van der Waals surface area contributed by atoms with Crippen molar-refractivity contribution in [3.05, 3.63) is 24.3 Å². The molecule has 0 aliphatic rings. The molecule has 1 atom stereocenters. The van der Waals surface area contributed by atoms with Gasteiger partial charge < -0.3 is 10.4 Å². The molecule has 0 saturated carbocycles. The molecule has 0 aromatic heterocycles. The lowest BCUT2D eigenvalue weighted by atomic mass is 9.98. The van der Waals surface area contributed by atoms with Gasteiger partial charge in [0.25, 0.3) is 0 Å². The molecule has 0 saturated heterocycles. The number of nitrogens with one attached hydrogen (secondary N) is 2. The summed E-state index contributed by atoms with van der Waals surface area (Å²) in [6.45, 7) is 7.35. The van der Waals surface area contributed by atoms with Crippen LogP contribution in [0, 0.1) is 0 Å². The van der Waals surface area contributed by atoms with Crippen molar-refractivity contribution < 1.29 is 13.5 Å². The lowest BCUT2D eigenvalue weighted by Gasteiger charge is -2.31. The van der Waals surface area contributed by atoms with Crippen LogP contribution in [0.15, 0.2) is 29.2 Å². The predicted octanol–water partition coefficient (Wildman–Crippen LogP) is 1.56. The molecule has 1 rings (SSSR count). The van der Waals surface area contributed by atoms with Crippen molar-refractivity contribution in [3.8, 4) is 0 Å². The molecule has 1 aromatic rings. The number of hydrogen-bond donors (Lipinski definition) is 3. The van der Waals surface area contributed by atoms with E-state index >= 15 is 0 Å². The van der Waals surface area contributed by atoms with Crippen LogP contribution in [0.4, 0.5) is 5.69 Å². The zero-order valence-electron chi connectivity index (χ0n) is 11.8. The first-order valence-corrected chi connectivity index (χ1v) is 7.74. The predicted molar refractivity (Wildman–Crippen MR) is 76.7 cm³/mol. The van der Waals surface area contributed by atoms with E-state index in [4.69, 9.17) is 0 Å². The van der Waals surface area contributed by atoms with Gasteiger partial charge in [-0.05, 0) is 32.9 Å². The third-order valence-corrected chi connectivity index (χ3v) is 4.62. The van der Waals surface area contributed by atoms with Crippen molar-refractivity contribution in [2.24, 2.45) is 0 Å². The Morgan fingerprint density at radius 3 is 2.42 bits per heavy atom. The lowest BCUT2D eigenvalue weighted by molar-refractivity contribution is 0.133. The monoisotopic (exact) mass is 286 g/mol. The Morgan fingerprint density at radius 2 is 1.89 bits per heavy atom. The third-order valence-electron chi connectivity index (χ3n) is 3.01. The van der Waals surface area contributed by atoms with Gasteiger partial charge in [0.1, 0.15) is 4.90 Å². The fourth-order valence-corrected chi connectivity index (χ4v) is 2.73. The van der Waals surface area contributed by atoms with Crippen molar-refractivity contribution in [1.82, 2.24) is 4.72 Å². The van der Waals surface area contributed by atoms with Crippen LogP contribution in [-0.4, -0.2) is 31.7 Å². The molecule has 0 fully saturated rings. The van der Waals surface area contributed by atoms with E-state index in [0.717, 1.165) is 0 Å². The highest BCUT2D eigenvalue weighted by Gasteiger charge is 2.26. The van der Waals surface area contributed by atoms with Crippen LogP contribution in [-0.2, 0) is 10.0 Å². The fourth-order valence-electron chi connectivity index (χ4n) is 1.52. The Morgan fingerprint density at radius 1 is 1.32 bits per heavy atom. The molecule has 3 N–H and O–H groups in total. The molecule has 0 radical (unpaired) electrons. The van der Waals surface area contributed by atoms with Gasteiger partial charge in [-0.15, -0.1) is 0 Å². The maximum absolute atomic E-state index is 12.1. The minimum atomic E-state index is -3.53. The number of aliphatic hydroxyl groups excluding tert-OH is 1. The first-order chi connectivity index (χ1) is 8.70. The lowest BCUT2D eigenvalue weighted by Crippen LogP contribution is -2.42. The second-order valence-electron chi connectivity index (χ2n) is 5.02. The maximum atomic E-state index is 12.1. The minimum absolute atomic E-state index is 0.186. The molecular weight excluding hydrogens is 264 g/mol. The summed E-state index contributed by atoms with van der Waals surface area (Å²) < 4.78 is 26.7. The zero-order valence-corrected chi connectivity index (χ0v) is 12.6. The number of hydrogen-bond acceptors (Lipinski definition) is 4. The average molecular weight is 286 g/mol. The summed E-state index contributed by atoms with van der Waals surface area (Å²) in [5.74, 6) is 0. The summed E-state index contributed by atoms with van der Waals surface area (Å²) in [7, 11) is -3.53. The summed E-state index contributed by atoms with van der Waals surface area (Å²) in [6.07, 6.45) is -0.623. The summed E-state index contributed by atoms with van der Waals surface area (Å²) >= 11 is 0. The van der Waals surface area contributed by atoms with Gasteiger partial charge in [0.15, 0.2) is 0 Å². The van der Waals surface area contributed by atoms with E-state index in [1.807, 2.05) is 13.8 Å². The summed E-state index contributed by atoms with van der Waals surface area (Å²) in [4.78, 5) is 0.186. The number of anilines is 1. The number of benzene rings is 1. The summed E-state index contributed by atoms with van der Waals surface area (Å²) in [5.41, 5.74) is -0.146. The van der Waals surface area contributed by atoms with Crippen molar-refractivity contribution in [3.63, 3.8) is 0 Å². The van der Waals surface area contributed by atoms with Crippen LogP contribution in [0.2, 0.25) is 0 Å². The molecule has 0 amide bonds. The van der Waals surface area contributed by atoms with E-state index in [2.05, 4.69) is 10.0 Å². The second kappa shape index (κ2) is 5.90. The highest BCUT2D eigenvalue weighted by molar-refractivity contribution is 7.89. The molecule has 0 aliphatic carbocycles. The van der Waals surface area contributed by atoms with Crippen LogP contribution in [0.5, 0.6) is 0 Å². The van der Waals surface area contributed by atoms with Gasteiger partial charge in [-0.2, -0.15) is 0 Å². The Kier molecular flexibility index (Phi) is 4.95. The standard InChI is InChI=1S/C13H22N2O3S/c1-5-14-19(17,18)12-9-7-6-8-11(12)15-13(3,4)10(2)16/h6-10,14-16H,5H2,1-4H3. The topological polar surface area (TPSA) is 78.4 Å². The van der Waals surface area contributed by atoms with Gasteiger partial charge in [0.2, 0.25) is 10.0 Å². The van der Waals surface area contributed by atoms with Gasteiger partial charge in [0, 0.05) is 6.54 Å². The molecule has 19 heavy (non-hydrogen) atoms. The largest absolute Gasteiger partial charge is 0.391 e. The molecule has 0 spiro atoms. The van der Waals surface area contributed by atoms with E-state index in [1.54, 1.807) is 38.1 Å². The normalized spacial score (nSPS) is 14.2. The van der Waals surface area contributed by atoms with E-state index in [0.29, 0.717) is 12.2 Å². The van der Waals surface area contributed by atoms with Crippen molar-refractivity contribution in [2.75, 3.05) is 11.9 Å². The van der Waals surface area contributed by atoms with E-state index in [-0.39, 0.29) is 4.90 Å². The molecule has 5 nitrogen and oxygen atoms in total. The smallest absolute Gasteiger partial charge is 0.242 e. The number of rotatable bonds is 6. The first kappa shape index (κ1) is 15.9.